The Balaban J connectivity index is 1.21. The fourth-order valence-electron chi connectivity index (χ4n) is 7.13. The van der Waals surface area contributed by atoms with Crippen molar-refractivity contribution in [2.45, 2.75) is 0 Å². The molecule has 0 aliphatic rings. The van der Waals surface area contributed by atoms with Gasteiger partial charge >= 0.3 is 0 Å². The van der Waals surface area contributed by atoms with Gasteiger partial charge in [0, 0.05) is 53.3 Å². The number of hydrogen-bond donors (Lipinski definition) is 0. The van der Waals surface area contributed by atoms with E-state index in [1.165, 1.54) is 42.1 Å². The fraction of sp³-hybridized carbons (Fsp3) is 0. The highest BCUT2D eigenvalue weighted by atomic mass is 32.1. The largest absolute Gasteiger partial charge is 0.309 e. The molecule has 3 heterocycles. The maximum atomic E-state index is 5.04. The standard InChI is InChI=1S/C45H28N4S/c1-4-13-29(14-5-1)43-46-44(30-15-6-2-7-16-30)48-45(47-43)32-24-26-37-39(27-32)49(33-17-8-3-9-18-33)38-21-12-20-34(42(37)38)31-23-25-36-35-19-10-11-22-40(35)50-41(36)28-31/h1-28H. The van der Waals surface area contributed by atoms with Crippen LogP contribution in [0.1, 0.15) is 0 Å². The van der Waals surface area contributed by atoms with Gasteiger partial charge in [0.05, 0.1) is 11.0 Å². The molecule has 0 radical (unpaired) electrons. The molecule has 0 atom stereocenters. The van der Waals surface area contributed by atoms with Crippen molar-refractivity contribution >= 4 is 53.3 Å². The van der Waals surface area contributed by atoms with Gasteiger partial charge in [-0.05, 0) is 47.5 Å². The summed E-state index contributed by atoms with van der Waals surface area (Å²) in [6.45, 7) is 0. The van der Waals surface area contributed by atoms with E-state index in [1.54, 1.807) is 0 Å². The maximum Gasteiger partial charge on any atom is 0.164 e. The van der Waals surface area contributed by atoms with Crippen LogP contribution in [0.15, 0.2) is 170 Å². The number of benzene rings is 7. The lowest BCUT2D eigenvalue weighted by molar-refractivity contribution is 1.07. The van der Waals surface area contributed by atoms with Gasteiger partial charge in [-0.2, -0.15) is 0 Å². The van der Waals surface area contributed by atoms with E-state index in [2.05, 4.69) is 114 Å². The van der Waals surface area contributed by atoms with Crippen LogP contribution < -0.4 is 0 Å². The lowest BCUT2D eigenvalue weighted by Gasteiger charge is -2.10. The normalized spacial score (nSPS) is 11.6. The first-order valence-corrected chi connectivity index (χ1v) is 17.5. The predicted molar refractivity (Wildman–Crippen MR) is 209 cm³/mol. The van der Waals surface area contributed by atoms with Gasteiger partial charge in [-0.25, -0.2) is 15.0 Å². The van der Waals surface area contributed by atoms with Crippen LogP contribution in [0.4, 0.5) is 0 Å². The maximum absolute atomic E-state index is 5.04. The van der Waals surface area contributed by atoms with Gasteiger partial charge in [0.2, 0.25) is 0 Å². The number of rotatable bonds is 5. The minimum Gasteiger partial charge on any atom is -0.309 e. The van der Waals surface area contributed by atoms with Gasteiger partial charge in [0.1, 0.15) is 0 Å². The fourth-order valence-corrected chi connectivity index (χ4v) is 8.28. The van der Waals surface area contributed by atoms with Crippen LogP contribution in [0.25, 0.3) is 93.0 Å². The monoisotopic (exact) mass is 656 g/mol. The average Bonchev–Trinajstić information content (AvgIpc) is 3.74. The summed E-state index contributed by atoms with van der Waals surface area (Å²) in [6, 6.07) is 59.7. The number of fused-ring (bicyclic) bond motifs is 6. The van der Waals surface area contributed by atoms with Crippen LogP contribution in [0.3, 0.4) is 0 Å². The zero-order valence-electron chi connectivity index (χ0n) is 26.9. The van der Waals surface area contributed by atoms with E-state index in [0.29, 0.717) is 17.5 Å². The highest BCUT2D eigenvalue weighted by molar-refractivity contribution is 7.25. The molecule has 0 unspecified atom stereocenters. The molecule has 0 saturated heterocycles. The van der Waals surface area contributed by atoms with Crippen LogP contribution in [-0.2, 0) is 0 Å². The third-order valence-electron chi connectivity index (χ3n) is 9.45. The van der Waals surface area contributed by atoms with E-state index >= 15 is 0 Å². The summed E-state index contributed by atoms with van der Waals surface area (Å²) >= 11 is 1.86. The smallest absolute Gasteiger partial charge is 0.164 e. The molecule has 10 aromatic rings. The van der Waals surface area contributed by atoms with Crippen molar-refractivity contribution in [2.75, 3.05) is 0 Å². The van der Waals surface area contributed by atoms with Gasteiger partial charge in [-0.1, -0.05) is 133 Å². The second-order valence-corrected chi connectivity index (χ2v) is 13.5. The second kappa shape index (κ2) is 11.6. The van der Waals surface area contributed by atoms with E-state index in [0.717, 1.165) is 33.4 Å². The summed E-state index contributed by atoms with van der Waals surface area (Å²) in [5.74, 6) is 1.94. The molecule has 0 bridgehead atoms. The van der Waals surface area contributed by atoms with Gasteiger partial charge in [-0.3, -0.25) is 0 Å². The molecule has 0 aliphatic carbocycles. The first-order valence-electron chi connectivity index (χ1n) is 16.7. The van der Waals surface area contributed by atoms with Crippen molar-refractivity contribution in [1.82, 2.24) is 19.5 Å². The number of nitrogens with zero attached hydrogens (tertiary/aromatic N) is 4. The topological polar surface area (TPSA) is 43.6 Å². The highest BCUT2D eigenvalue weighted by Gasteiger charge is 2.19. The van der Waals surface area contributed by atoms with Crippen LogP contribution >= 0.6 is 11.3 Å². The third-order valence-corrected chi connectivity index (χ3v) is 10.6. The SMILES string of the molecule is c1ccc(-c2nc(-c3ccccc3)nc(-c3ccc4c5c(-c6ccc7c(c6)sc6ccccc67)cccc5n(-c5ccccc5)c4c3)n2)cc1. The van der Waals surface area contributed by atoms with Crippen molar-refractivity contribution in [2.24, 2.45) is 0 Å². The molecule has 50 heavy (non-hydrogen) atoms. The number of thiophene rings is 1. The average molecular weight is 657 g/mol. The van der Waals surface area contributed by atoms with Crippen molar-refractivity contribution in [1.29, 1.82) is 0 Å². The molecule has 0 spiro atoms. The Bertz CT molecular complexity index is 2800. The first kappa shape index (κ1) is 28.6. The van der Waals surface area contributed by atoms with E-state index < -0.39 is 0 Å². The van der Waals surface area contributed by atoms with Crippen LogP contribution in [0.5, 0.6) is 0 Å². The Hall–Kier alpha value is -6.43. The Morgan fingerprint density at radius 1 is 0.380 bits per heavy atom. The molecule has 234 valence electrons. The summed E-state index contributed by atoms with van der Waals surface area (Å²) in [6.07, 6.45) is 0. The molecule has 7 aromatic carbocycles. The van der Waals surface area contributed by atoms with Crippen molar-refractivity contribution in [3.05, 3.63) is 170 Å². The van der Waals surface area contributed by atoms with E-state index in [1.807, 2.05) is 72.0 Å². The lowest BCUT2D eigenvalue weighted by atomic mass is 9.98. The predicted octanol–water partition coefficient (Wildman–Crippen LogP) is 12.0. The van der Waals surface area contributed by atoms with Crippen molar-refractivity contribution < 1.29 is 0 Å². The van der Waals surface area contributed by atoms with E-state index in [9.17, 15) is 0 Å². The van der Waals surface area contributed by atoms with Crippen molar-refractivity contribution in [3.8, 4) is 51.0 Å². The third kappa shape index (κ3) is 4.71. The molecule has 0 saturated carbocycles. The molecule has 0 aliphatic heterocycles. The number of para-hydroxylation sites is 1. The van der Waals surface area contributed by atoms with E-state index in [4.69, 9.17) is 15.0 Å². The zero-order chi connectivity index (χ0) is 33.0. The Labute approximate surface area is 292 Å². The van der Waals surface area contributed by atoms with Crippen molar-refractivity contribution in [3.63, 3.8) is 0 Å². The molecule has 0 amide bonds. The minimum absolute atomic E-state index is 0.639. The van der Waals surface area contributed by atoms with Gasteiger partial charge in [0.15, 0.2) is 17.5 Å². The second-order valence-electron chi connectivity index (χ2n) is 12.5. The van der Waals surface area contributed by atoms with E-state index in [-0.39, 0.29) is 0 Å². The summed E-state index contributed by atoms with van der Waals surface area (Å²) < 4.78 is 4.98. The quantitative estimate of drug-likeness (QED) is 0.185. The van der Waals surface area contributed by atoms with Crippen LogP contribution in [0, 0.1) is 0 Å². The molecule has 0 fully saturated rings. The lowest BCUT2D eigenvalue weighted by Crippen LogP contribution is -2.00. The molecule has 10 rings (SSSR count). The molecule has 5 heteroatoms. The van der Waals surface area contributed by atoms with Crippen LogP contribution in [-0.4, -0.2) is 19.5 Å². The Morgan fingerprint density at radius 2 is 0.960 bits per heavy atom. The Kier molecular flexibility index (Phi) is 6.64. The molecule has 3 aromatic heterocycles. The van der Waals surface area contributed by atoms with Crippen LogP contribution in [0.2, 0.25) is 0 Å². The zero-order valence-corrected chi connectivity index (χ0v) is 27.7. The number of hydrogen-bond acceptors (Lipinski definition) is 4. The highest BCUT2D eigenvalue weighted by Crippen LogP contribution is 2.42. The van der Waals surface area contributed by atoms with Gasteiger partial charge in [0.25, 0.3) is 0 Å². The molecular weight excluding hydrogens is 629 g/mol. The van der Waals surface area contributed by atoms with Gasteiger partial charge in [-0.15, -0.1) is 11.3 Å². The minimum atomic E-state index is 0.639. The molecule has 0 N–H and O–H groups in total. The van der Waals surface area contributed by atoms with Gasteiger partial charge < -0.3 is 4.57 Å². The summed E-state index contributed by atoms with van der Waals surface area (Å²) in [5, 5.41) is 5.03. The first-order chi connectivity index (χ1) is 24.8. The molecule has 4 nitrogen and oxygen atoms in total. The number of aromatic nitrogens is 4. The Morgan fingerprint density at radius 3 is 1.68 bits per heavy atom. The molecular formula is C45H28N4S. The summed E-state index contributed by atoms with van der Waals surface area (Å²) in [5.41, 5.74) is 8.62. The summed E-state index contributed by atoms with van der Waals surface area (Å²) in [4.78, 5) is 15.0. The summed E-state index contributed by atoms with van der Waals surface area (Å²) in [7, 11) is 0.